The van der Waals surface area contributed by atoms with Crippen molar-refractivity contribution in [2.75, 3.05) is 11.4 Å². The first kappa shape index (κ1) is 25.2. The Morgan fingerprint density at radius 3 is 2.32 bits per heavy atom. The van der Waals surface area contributed by atoms with E-state index < -0.39 is 28.5 Å². The summed E-state index contributed by atoms with van der Waals surface area (Å²) in [6, 6.07) is 16.1. The number of benzene rings is 2. The van der Waals surface area contributed by atoms with Crippen LogP contribution in [-0.4, -0.2) is 32.8 Å². The van der Waals surface area contributed by atoms with Gasteiger partial charge in [0, 0.05) is 5.69 Å². The van der Waals surface area contributed by atoms with E-state index in [2.05, 4.69) is 10.0 Å². The molecule has 1 heterocycles. The van der Waals surface area contributed by atoms with Crippen molar-refractivity contribution in [3.05, 3.63) is 83.8 Å². The first-order chi connectivity index (χ1) is 16.2. The Morgan fingerprint density at radius 2 is 1.71 bits per heavy atom. The Morgan fingerprint density at radius 1 is 1.00 bits per heavy atom. The molecule has 2 amide bonds. The van der Waals surface area contributed by atoms with Gasteiger partial charge in [0.1, 0.15) is 11.8 Å². The fourth-order valence-corrected chi connectivity index (χ4v) is 4.52. The molecule has 9 heteroatoms. The molecule has 3 rings (SSSR count). The highest BCUT2D eigenvalue weighted by Gasteiger charge is 2.31. The second-order valence-corrected chi connectivity index (χ2v) is 9.68. The number of sulfonamides is 1. The molecule has 180 valence electrons. The zero-order valence-corrected chi connectivity index (χ0v) is 20.3. The number of hydrogen-bond donors (Lipinski definition) is 2. The molecule has 0 radical (unpaired) electrons. The maximum absolute atomic E-state index is 13.4. The number of amides is 2. The van der Waals surface area contributed by atoms with Crippen molar-refractivity contribution < 1.29 is 22.4 Å². The van der Waals surface area contributed by atoms with Crippen LogP contribution in [0.1, 0.15) is 30.2 Å². The molecule has 0 aliphatic rings. The van der Waals surface area contributed by atoms with Gasteiger partial charge in [-0.05, 0) is 56.2 Å². The standard InChI is InChI=1S/C25H29N3O5S/c1-4-22(25(30)26-16-20-9-7-15-33-20)28(23-10-6-5-8-19(23)3)24(29)17-27-34(31,32)21-13-11-18(2)12-14-21/h5-15,22,27H,4,16-17H2,1-3H3,(H,26,30)/t22-/m1/s1. The number of furan rings is 1. The lowest BCUT2D eigenvalue weighted by Crippen LogP contribution is -2.52. The van der Waals surface area contributed by atoms with Crippen molar-refractivity contribution >= 4 is 27.5 Å². The normalized spacial score (nSPS) is 12.2. The van der Waals surface area contributed by atoms with Gasteiger partial charge >= 0.3 is 0 Å². The molecular weight excluding hydrogens is 454 g/mol. The van der Waals surface area contributed by atoms with E-state index in [0.717, 1.165) is 11.1 Å². The maximum atomic E-state index is 13.4. The quantitative estimate of drug-likeness (QED) is 0.460. The lowest BCUT2D eigenvalue weighted by molar-refractivity contribution is -0.126. The minimum atomic E-state index is -3.90. The van der Waals surface area contributed by atoms with Crippen LogP contribution in [0.4, 0.5) is 5.69 Å². The zero-order valence-electron chi connectivity index (χ0n) is 19.4. The van der Waals surface area contributed by atoms with E-state index in [1.807, 2.05) is 26.0 Å². The number of nitrogens with zero attached hydrogens (tertiary/aromatic N) is 1. The molecule has 3 aromatic rings. The smallest absolute Gasteiger partial charge is 0.243 e. The summed E-state index contributed by atoms with van der Waals surface area (Å²) in [7, 11) is -3.90. The summed E-state index contributed by atoms with van der Waals surface area (Å²) in [5.41, 5.74) is 2.25. The predicted octanol–water partition coefficient (Wildman–Crippen LogP) is 3.30. The molecule has 0 fully saturated rings. The highest BCUT2D eigenvalue weighted by Crippen LogP contribution is 2.24. The van der Waals surface area contributed by atoms with Crippen LogP contribution in [-0.2, 0) is 26.2 Å². The van der Waals surface area contributed by atoms with E-state index >= 15 is 0 Å². The number of nitrogens with one attached hydrogen (secondary N) is 2. The Hall–Kier alpha value is -3.43. The van der Waals surface area contributed by atoms with E-state index in [9.17, 15) is 18.0 Å². The fraction of sp³-hybridized carbons (Fsp3) is 0.280. The van der Waals surface area contributed by atoms with Gasteiger partial charge in [0.2, 0.25) is 21.8 Å². The van der Waals surface area contributed by atoms with Gasteiger partial charge in [0.15, 0.2) is 0 Å². The Kier molecular flexibility index (Phi) is 8.25. The molecule has 0 bridgehead atoms. The first-order valence-corrected chi connectivity index (χ1v) is 12.5. The number of aryl methyl sites for hydroxylation is 2. The molecule has 0 saturated carbocycles. The number of anilines is 1. The molecule has 1 aromatic heterocycles. The average Bonchev–Trinajstić information content (AvgIpc) is 3.34. The third kappa shape index (κ3) is 6.12. The van der Waals surface area contributed by atoms with E-state index in [4.69, 9.17) is 4.42 Å². The van der Waals surface area contributed by atoms with Gasteiger partial charge in [0.25, 0.3) is 0 Å². The summed E-state index contributed by atoms with van der Waals surface area (Å²) in [5, 5.41) is 2.80. The van der Waals surface area contributed by atoms with E-state index in [1.54, 1.807) is 43.3 Å². The predicted molar refractivity (Wildman–Crippen MR) is 130 cm³/mol. The summed E-state index contributed by atoms with van der Waals surface area (Å²) < 4.78 is 33.1. The number of para-hydroxylation sites is 1. The number of carbonyl (C=O) groups is 2. The van der Waals surface area contributed by atoms with Crippen LogP contribution in [0.3, 0.4) is 0 Å². The van der Waals surface area contributed by atoms with Crippen LogP contribution in [0, 0.1) is 13.8 Å². The second kappa shape index (κ2) is 11.1. The second-order valence-electron chi connectivity index (χ2n) is 7.91. The van der Waals surface area contributed by atoms with Gasteiger partial charge in [-0.1, -0.05) is 42.8 Å². The zero-order chi connectivity index (χ0) is 24.7. The molecular formula is C25H29N3O5S. The third-order valence-electron chi connectivity index (χ3n) is 5.41. The molecule has 2 aromatic carbocycles. The molecule has 0 aliphatic carbocycles. The average molecular weight is 484 g/mol. The number of rotatable bonds is 10. The van der Waals surface area contributed by atoms with Crippen LogP contribution in [0.15, 0.2) is 76.2 Å². The molecule has 34 heavy (non-hydrogen) atoms. The molecule has 0 saturated heterocycles. The van der Waals surface area contributed by atoms with Crippen molar-refractivity contribution in [3.8, 4) is 0 Å². The number of carbonyl (C=O) groups excluding carboxylic acids is 2. The summed E-state index contributed by atoms with van der Waals surface area (Å²) in [4.78, 5) is 27.9. The third-order valence-corrected chi connectivity index (χ3v) is 6.82. The van der Waals surface area contributed by atoms with Crippen molar-refractivity contribution in [1.82, 2.24) is 10.0 Å². The molecule has 1 atom stereocenters. The highest BCUT2D eigenvalue weighted by molar-refractivity contribution is 7.89. The van der Waals surface area contributed by atoms with Crippen LogP contribution >= 0.6 is 0 Å². The van der Waals surface area contributed by atoms with Crippen LogP contribution in [0.25, 0.3) is 0 Å². The van der Waals surface area contributed by atoms with Crippen molar-refractivity contribution in [2.24, 2.45) is 0 Å². The summed E-state index contributed by atoms with van der Waals surface area (Å²) in [6.07, 6.45) is 1.84. The van der Waals surface area contributed by atoms with Crippen LogP contribution in [0.2, 0.25) is 0 Å². The van der Waals surface area contributed by atoms with Gasteiger partial charge in [-0.15, -0.1) is 0 Å². The van der Waals surface area contributed by atoms with Crippen molar-refractivity contribution in [1.29, 1.82) is 0 Å². The number of hydrogen-bond acceptors (Lipinski definition) is 5. The lowest BCUT2D eigenvalue weighted by atomic mass is 10.1. The van der Waals surface area contributed by atoms with Gasteiger partial charge < -0.3 is 9.73 Å². The monoisotopic (exact) mass is 483 g/mol. The fourth-order valence-electron chi connectivity index (χ4n) is 3.54. The molecule has 0 unspecified atom stereocenters. The Balaban J connectivity index is 1.83. The van der Waals surface area contributed by atoms with E-state index in [0.29, 0.717) is 17.9 Å². The highest BCUT2D eigenvalue weighted by atomic mass is 32.2. The van der Waals surface area contributed by atoms with E-state index in [1.165, 1.54) is 23.3 Å². The minimum Gasteiger partial charge on any atom is -0.467 e. The van der Waals surface area contributed by atoms with E-state index in [-0.39, 0.29) is 17.3 Å². The summed E-state index contributed by atoms with van der Waals surface area (Å²) >= 11 is 0. The van der Waals surface area contributed by atoms with Gasteiger partial charge in [-0.2, -0.15) is 0 Å². The SMILES string of the molecule is CC[C@H](C(=O)NCc1ccco1)N(C(=O)CNS(=O)(=O)c1ccc(C)cc1)c1ccccc1C. The summed E-state index contributed by atoms with van der Waals surface area (Å²) in [5.74, 6) is -0.315. The molecule has 8 nitrogen and oxygen atoms in total. The summed E-state index contributed by atoms with van der Waals surface area (Å²) in [6.45, 7) is 5.17. The molecule has 0 aliphatic heterocycles. The van der Waals surface area contributed by atoms with Gasteiger partial charge in [0.05, 0.1) is 24.2 Å². The van der Waals surface area contributed by atoms with Gasteiger partial charge in [-0.25, -0.2) is 13.1 Å². The Bertz CT molecular complexity index is 1220. The molecule has 2 N–H and O–H groups in total. The van der Waals surface area contributed by atoms with Gasteiger partial charge in [-0.3, -0.25) is 14.5 Å². The topological polar surface area (TPSA) is 109 Å². The first-order valence-electron chi connectivity index (χ1n) is 11.0. The molecule has 0 spiro atoms. The van der Waals surface area contributed by atoms with Crippen molar-refractivity contribution in [3.63, 3.8) is 0 Å². The van der Waals surface area contributed by atoms with Crippen molar-refractivity contribution in [2.45, 2.75) is 44.7 Å². The minimum absolute atomic E-state index is 0.0663. The largest absolute Gasteiger partial charge is 0.467 e. The maximum Gasteiger partial charge on any atom is 0.243 e. The van der Waals surface area contributed by atoms with Crippen LogP contribution in [0.5, 0.6) is 0 Å². The lowest BCUT2D eigenvalue weighted by Gasteiger charge is -2.31. The van der Waals surface area contributed by atoms with Crippen LogP contribution < -0.4 is 14.9 Å². The Labute approximate surface area is 200 Å².